The molecule has 0 aliphatic rings. The maximum Gasteiger partial charge on any atom is 0.460 e. The molecule has 0 aliphatic carbocycles. The molecule has 1 N–H and O–H groups in total. The average Bonchev–Trinajstić information content (AvgIpc) is 2.40. The Morgan fingerprint density at radius 1 is 0.615 bits per heavy atom. The molecule has 0 aromatic heterocycles. The highest BCUT2D eigenvalue weighted by molar-refractivity contribution is 7.92. The molecule has 0 aromatic rings. The molecule has 0 bridgehead atoms. The fourth-order valence-electron chi connectivity index (χ4n) is 1.52. The van der Waals surface area contributed by atoms with Gasteiger partial charge in [0.1, 0.15) is 0 Å². The molecule has 0 aromatic carbocycles. The lowest BCUT2D eigenvalue weighted by atomic mass is 9.99. The minimum atomic E-state index is -8.16. The fourth-order valence-corrected chi connectivity index (χ4v) is 3.18. The predicted octanol–water partition coefficient (Wildman–Crippen LogP) is 3.48. The summed E-state index contributed by atoms with van der Waals surface area (Å²) in [4.78, 5) is 0. The lowest BCUT2D eigenvalue weighted by molar-refractivity contribution is -0.420. The third-order valence-electron chi connectivity index (χ3n) is 2.91. The van der Waals surface area contributed by atoms with E-state index in [0.29, 0.717) is 0 Å². The van der Waals surface area contributed by atoms with E-state index in [1.165, 1.54) is 0 Å². The van der Waals surface area contributed by atoms with Gasteiger partial charge in [-0.1, -0.05) is 0 Å². The first-order valence-corrected chi connectivity index (χ1v) is 7.50. The molecule has 0 saturated carbocycles. The van der Waals surface area contributed by atoms with Gasteiger partial charge in [0.2, 0.25) is 9.84 Å². The van der Waals surface area contributed by atoms with Crippen LogP contribution in [0.15, 0.2) is 0 Å². The van der Waals surface area contributed by atoms with Crippen molar-refractivity contribution in [3.8, 4) is 0 Å². The summed E-state index contributed by atoms with van der Waals surface area (Å²) in [7, 11) is -7.17. The van der Waals surface area contributed by atoms with Crippen molar-refractivity contribution in [2.75, 3.05) is 12.4 Å². The van der Waals surface area contributed by atoms with E-state index in [2.05, 4.69) is 0 Å². The van der Waals surface area contributed by atoms with Crippen LogP contribution in [-0.4, -0.2) is 61.0 Å². The van der Waals surface area contributed by atoms with Gasteiger partial charge in [0.25, 0.3) is 0 Å². The highest BCUT2D eigenvalue weighted by Gasteiger charge is 2.93. The second-order valence-corrected chi connectivity index (χ2v) is 6.91. The molecule has 158 valence electrons. The number of aliphatic hydroxyl groups excluding tert-OH is 1. The summed E-state index contributed by atoms with van der Waals surface area (Å²) < 4.78 is 188. The molecule has 26 heavy (non-hydrogen) atoms. The first-order valence-electron chi connectivity index (χ1n) is 5.85. The van der Waals surface area contributed by atoms with Crippen molar-refractivity contribution >= 4 is 9.84 Å². The van der Waals surface area contributed by atoms with E-state index in [-0.39, 0.29) is 0 Å². The van der Waals surface area contributed by atoms with Crippen LogP contribution in [0.25, 0.3) is 0 Å². The number of hydrogen-bond acceptors (Lipinski definition) is 3. The number of rotatable bonds is 7. The highest BCUT2D eigenvalue weighted by atomic mass is 32.2. The van der Waals surface area contributed by atoms with E-state index < -0.39 is 63.7 Å². The van der Waals surface area contributed by atoms with Crippen molar-refractivity contribution in [3.63, 3.8) is 0 Å². The maximum atomic E-state index is 13.9. The molecule has 0 spiro atoms. The highest BCUT2D eigenvalue weighted by Crippen LogP contribution is 2.61. The molecular weight excluding hydrogens is 435 g/mol. The third-order valence-corrected chi connectivity index (χ3v) is 5.08. The van der Waals surface area contributed by atoms with E-state index >= 15 is 0 Å². The van der Waals surface area contributed by atoms with Crippen molar-refractivity contribution in [3.05, 3.63) is 0 Å². The van der Waals surface area contributed by atoms with Gasteiger partial charge in [-0.05, 0) is 6.42 Å². The quantitative estimate of drug-likeness (QED) is 0.615. The SMILES string of the molecule is O=S(=O)(CCCO)C(F)(C(F)(F)F)C(F)(F)C(F)(F)C(F)(F)C(F)(F)F. The molecule has 0 heterocycles. The molecule has 3 nitrogen and oxygen atoms in total. The topological polar surface area (TPSA) is 54.4 Å². The van der Waals surface area contributed by atoms with Gasteiger partial charge in [0, 0.05) is 6.61 Å². The van der Waals surface area contributed by atoms with Crippen LogP contribution in [0.4, 0.5) is 57.1 Å². The molecular formula is C9H7F13O3S. The van der Waals surface area contributed by atoms with Gasteiger partial charge >= 0.3 is 35.1 Å². The van der Waals surface area contributed by atoms with Crippen LogP contribution >= 0.6 is 0 Å². The van der Waals surface area contributed by atoms with E-state index in [9.17, 15) is 65.5 Å². The zero-order chi connectivity index (χ0) is 21.6. The summed E-state index contributed by atoms with van der Waals surface area (Å²) in [5.74, 6) is -26.6. The Labute approximate surface area is 135 Å². The normalized spacial score (nSPS) is 17.9. The number of hydrogen-bond donors (Lipinski definition) is 1. The van der Waals surface area contributed by atoms with Crippen LogP contribution in [0.5, 0.6) is 0 Å². The number of aliphatic hydroxyl groups is 1. The summed E-state index contributed by atoms with van der Waals surface area (Å²) in [6, 6.07) is 0. The average molecular weight is 442 g/mol. The van der Waals surface area contributed by atoms with Crippen molar-refractivity contribution in [2.45, 2.75) is 41.5 Å². The van der Waals surface area contributed by atoms with Crippen LogP contribution in [0.3, 0.4) is 0 Å². The summed E-state index contributed by atoms with van der Waals surface area (Å²) in [5, 5.41) is 0.711. The van der Waals surface area contributed by atoms with Crippen LogP contribution in [0, 0.1) is 0 Å². The van der Waals surface area contributed by atoms with Gasteiger partial charge in [0.15, 0.2) is 0 Å². The molecule has 0 radical (unpaired) electrons. The van der Waals surface area contributed by atoms with E-state index in [4.69, 9.17) is 5.11 Å². The summed E-state index contributed by atoms with van der Waals surface area (Å²) >= 11 is 0. The molecule has 0 aliphatic heterocycles. The zero-order valence-electron chi connectivity index (χ0n) is 11.7. The lowest BCUT2D eigenvalue weighted by Crippen LogP contribution is -2.73. The van der Waals surface area contributed by atoms with E-state index in [1.807, 2.05) is 0 Å². The number of halogens is 13. The monoisotopic (exact) mass is 442 g/mol. The second-order valence-electron chi connectivity index (χ2n) is 4.71. The summed E-state index contributed by atoms with van der Waals surface area (Å²) in [5.41, 5.74) is 0. The molecule has 0 amide bonds. The minimum absolute atomic E-state index is 1.39. The molecule has 1 unspecified atom stereocenters. The Morgan fingerprint density at radius 3 is 1.27 bits per heavy atom. The smallest absolute Gasteiger partial charge is 0.396 e. The van der Waals surface area contributed by atoms with Crippen molar-refractivity contribution < 1.29 is 70.6 Å². The fraction of sp³-hybridized carbons (Fsp3) is 1.00. The predicted molar refractivity (Wildman–Crippen MR) is 56.3 cm³/mol. The van der Waals surface area contributed by atoms with Crippen LogP contribution < -0.4 is 0 Å². The summed E-state index contributed by atoms with van der Waals surface area (Å²) in [6.45, 7) is -1.39. The van der Waals surface area contributed by atoms with Gasteiger partial charge in [-0.15, -0.1) is 0 Å². The molecule has 0 fully saturated rings. The Bertz CT molecular complexity index is 605. The summed E-state index contributed by atoms with van der Waals surface area (Å²) in [6.07, 6.45) is -16.6. The standard InChI is InChI=1S/C9H7F13O3S/c10-4(11,6(14,15)8(17,18)19)5(12,13)7(16,9(20,21)22)26(24,25)3-1-2-23/h23H,1-3H2. The Kier molecular flexibility index (Phi) is 6.31. The minimum Gasteiger partial charge on any atom is -0.396 e. The van der Waals surface area contributed by atoms with Crippen LogP contribution in [-0.2, 0) is 9.84 Å². The molecule has 0 saturated heterocycles. The molecule has 0 rings (SSSR count). The third kappa shape index (κ3) is 3.31. The lowest BCUT2D eigenvalue weighted by Gasteiger charge is -2.40. The number of sulfone groups is 1. The van der Waals surface area contributed by atoms with Gasteiger partial charge in [-0.3, -0.25) is 0 Å². The Hall–Kier alpha value is -1.00. The van der Waals surface area contributed by atoms with Crippen molar-refractivity contribution in [1.82, 2.24) is 0 Å². The van der Waals surface area contributed by atoms with Crippen LogP contribution in [0.2, 0.25) is 0 Å². The van der Waals surface area contributed by atoms with Gasteiger partial charge in [-0.2, -0.15) is 52.7 Å². The van der Waals surface area contributed by atoms with Gasteiger partial charge < -0.3 is 5.11 Å². The number of alkyl halides is 13. The maximum absolute atomic E-state index is 13.9. The first kappa shape index (κ1) is 25.0. The van der Waals surface area contributed by atoms with Crippen molar-refractivity contribution in [1.29, 1.82) is 0 Å². The second kappa shape index (κ2) is 6.56. The molecule has 1 atom stereocenters. The van der Waals surface area contributed by atoms with Crippen molar-refractivity contribution in [2.24, 2.45) is 0 Å². The largest absolute Gasteiger partial charge is 0.460 e. The van der Waals surface area contributed by atoms with Gasteiger partial charge in [0.05, 0.1) is 5.75 Å². The Morgan fingerprint density at radius 2 is 1.00 bits per heavy atom. The first-order chi connectivity index (χ1) is 11.1. The zero-order valence-corrected chi connectivity index (χ0v) is 12.5. The van der Waals surface area contributed by atoms with Gasteiger partial charge in [-0.25, -0.2) is 12.8 Å². The van der Waals surface area contributed by atoms with Crippen LogP contribution in [0.1, 0.15) is 6.42 Å². The van der Waals surface area contributed by atoms with E-state index in [1.54, 1.807) is 0 Å². The Balaban J connectivity index is 6.81. The molecule has 17 heteroatoms. The van der Waals surface area contributed by atoms with E-state index in [0.717, 1.165) is 0 Å².